The molecule has 0 saturated heterocycles. The minimum absolute atomic E-state index is 0.236. The molecule has 0 radical (unpaired) electrons. The van der Waals surface area contributed by atoms with E-state index in [1.54, 1.807) is 16.2 Å². The van der Waals surface area contributed by atoms with Gasteiger partial charge in [0.2, 0.25) is 0 Å². The van der Waals surface area contributed by atoms with Gasteiger partial charge in [-0.3, -0.25) is 4.90 Å². The molecule has 15 heavy (non-hydrogen) atoms. The molecule has 4 heteroatoms. The van der Waals surface area contributed by atoms with Crippen molar-refractivity contribution in [2.75, 3.05) is 11.4 Å². The molecule has 0 atom stereocenters. The van der Waals surface area contributed by atoms with E-state index in [0.29, 0.717) is 0 Å². The van der Waals surface area contributed by atoms with Crippen LogP contribution < -0.4 is 4.90 Å². The van der Waals surface area contributed by atoms with Crippen LogP contribution in [-0.4, -0.2) is 18.2 Å². The largest absolute Gasteiger partial charge is 0.443 e. The van der Waals surface area contributed by atoms with Gasteiger partial charge in [-0.05, 0) is 32.2 Å². The Morgan fingerprint density at radius 3 is 2.93 bits per heavy atom. The highest BCUT2D eigenvalue weighted by Crippen LogP contribution is 2.33. The van der Waals surface area contributed by atoms with Crippen molar-refractivity contribution in [2.45, 2.75) is 32.8 Å². The first kappa shape index (κ1) is 10.5. The molecule has 0 bridgehead atoms. The van der Waals surface area contributed by atoms with Gasteiger partial charge >= 0.3 is 6.09 Å². The fourth-order valence-corrected chi connectivity index (χ4v) is 2.47. The van der Waals surface area contributed by atoms with Gasteiger partial charge in [-0.2, -0.15) is 0 Å². The Bertz CT molecular complexity index is 378. The molecule has 0 saturated carbocycles. The molecule has 1 aliphatic heterocycles. The first-order valence-electron chi connectivity index (χ1n) is 5.04. The molecule has 0 N–H and O–H groups in total. The third-order valence-corrected chi connectivity index (χ3v) is 3.16. The lowest BCUT2D eigenvalue weighted by Crippen LogP contribution is -2.35. The summed E-state index contributed by atoms with van der Waals surface area (Å²) in [7, 11) is 0. The van der Waals surface area contributed by atoms with Gasteiger partial charge in [0.05, 0.1) is 5.69 Å². The number of carbonyl (C=O) groups excluding carboxylic acids is 1. The summed E-state index contributed by atoms with van der Waals surface area (Å²) < 4.78 is 5.34. The molecule has 0 fully saturated rings. The number of ether oxygens (including phenoxy) is 1. The van der Waals surface area contributed by atoms with Gasteiger partial charge in [0.25, 0.3) is 0 Å². The van der Waals surface area contributed by atoms with Crippen LogP contribution in [0.15, 0.2) is 11.4 Å². The van der Waals surface area contributed by atoms with E-state index in [4.69, 9.17) is 4.74 Å². The quantitative estimate of drug-likeness (QED) is 0.679. The molecular weight excluding hydrogens is 210 g/mol. The third kappa shape index (κ3) is 2.15. The Hall–Kier alpha value is -1.03. The van der Waals surface area contributed by atoms with Gasteiger partial charge in [0.15, 0.2) is 0 Å². The maximum Gasteiger partial charge on any atom is 0.414 e. The summed E-state index contributed by atoms with van der Waals surface area (Å²) in [5, 5.41) is 2.02. The Balaban J connectivity index is 2.11. The number of rotatable bonds is 0. The van der Waals surface area contributed by atoms with Gasteiger partial charge in [-0.15, -0.1) is 11.3 Å². The summed E-state index contributed by atoms with van der Waals surface area (Å²) in [6.07, 6.45) is 0.714. The predicted octanol–water partition coefficient (Wildman–Crippen LogP) is 3.05. The Morgan fingerprint density at radius 2 is 2.27 bits per heavy atom. The number of amides is 1. The van der Waals surface area contributed by atoms with Crippen LogP contribution >= 0.6 is 11.3 Å². The van der Waals surface area contributed by atoms with Crippen LogP contribution in [-0.2, 0) is 11.2 Å². The highest BCUT2D eigenvalue weighted by Gasteiger charge is 2.29. The van der Waals surface area contributed by atoms with Gasteiger partial charge < -0.3 is 4.74 Å². The lowest BCUT2D eigenvalue weighted by Gasteiger charge is -2.24. The fraction of sp³-hybridized carbons (Fsp3) is 0.545. The Morgan fingerprint density at radius 1 is 1.53 bits per heavy atom. The average molecular weight is 225 g/mol. The summed E-state index contributed by atoms with van der Waals surface area (Å²) in [5.74, 6) is 0. The van der Waals surface area contributed by atoms with Crippen LogP contribution in [0.5, 0.6) is 0 Å². The van der Waals surface area contributed by atoms with Crippen LogP contribution in [0.1, 0.15) is 25.6 Å². The van der Waals surface area contributed by atoms with E-state index in [9.17, 15) is 4.79 Å². The Labute approximate surface area is 93.7 Å². The minimum Gasteiger partial charge on any atom is -0.443 e. The zero-order valence-corrected chi connectivity index (χ0v) is 10.1. The SMILES string of the molecule is CC(C)(C)OC(=O)N1CCc2sccc21. The summed E-state index contributed by atoms with van der Waals surface area (Å²) in [5.41, 5.74) is 0.602. The van der Waals surface area contributed by atoms with E-state index < -0.39 is 5.60 Å². The van der Waals surface area contributed by atoms with Gasteiger partial charge in [0.1, 0.15) is 5.60 Å². The average Bonchev–Trinajstić information content (AvgIpc) is 2.57. The van der Waals surface area contributed by atoms with Crippen LogP contribution in [0, 0.1) is 0 Å². The van der Waals surface area contributed by atoms with Gasteiger partial charge in [-0.25, -0.2) is 4.79 Å². The summed E-state index contributed by atoms with van der Waals surface area (Å²) in [4.78, 5) is 14.8. The van der Waals surface area contributed by atoms with Crippen LogP contribution in [0.3, 0.4) is 0 Å². The van der Waals surface area contributed by atoms with Crippen molar-refractivity contribution in [3.8, 4) is 0 Å². The standard InChI is InChI=1S/C11H15NO2S/c1-11(2,3)14-10(13)12-6-4-9-8(12)5-7-15-9/h5,7H,4,6H2,1-3H3. The molecule has 0 aromatic carbocycles. The molecule has 0 unspecified atom stereocenters. The number of hydrogen-bond donors (Lipinski definition) is 0. The molecule has 0 aliphatic carbocycles. The minimum atomic E-state index is -0.421. The lowest BCUT2D eigenvalue weighted by molar-refractivity contribution is 0.0584. The van der Waals surface area contributed by atoms with E-state index >= 15 is 0 Å². The molecule has 2 rings (SSSR count). The first-order valence-corrected chi connectivity index (χ1v) is 5.92. The molecule has 0 spiro atoms. The molecular formula is C11H15NO2S. The molecule has 1 amide bonds. The number of nitrogens with zero attached hydrogens (tertiary/aromatic N) is 1. The number of fused-ring (bicyclic) bond motifs is 1. The summed E-state index contributed by atoms with van der Waals surface area (Å²) in [6.45, 7) is 6.40. The van der Waals surface area contributed by atoms with Crippen LogP contribution in [0.4, 0.5) is 10.5 Å². The van der Waals surface area contributed by atoms with Crippen molar-refractivity contribution < 1.29 is 9.53 Å². The van der Waals surface area contributed by atoms with Crippen LogP contribution in [0.25, 0.3) is 0 Å². The second-order valence-corrected chi connectivity index (χ2v) is 5.61. The summed E-state index contributed by atoms with van der Waals surface area (Å²) >= 11 is 1.70. The van der Waals surface area contributed by atoms with E-state index in [1.165, 1.54) is 4.88 Å². The van der Waals surface area contributed by atoms with Crippen molar-refractivity contribution in [1.29, 1.82) is 0 Å². The second-order valence-electron chi connectivity index (χ2n) is 4.61. The Kier molecular flexibility index (Phi) is 2.46. The molecule has 2 heterocycles. The van der Waals surface area contributed by atoms with Crippen molar-refractivity contribution in [3.05, 3.63) is 16.3 Å². The second kappa shape index (κ2) is 3.52. The zero-order chi connectivity index (χ0) is 11.1. The molecule has 3 nitrogen and oxygen atoms in total. The normalized spacial score (nSPS) is 15.3. The molecule has 1 aliphatic rings. The monoisotopic (exact) mass is 225 g/mol. The fourth-order valence-electron chi connectivity index (χ4n) is 1.60. The number of anilines is 1. The van der Waals surface area contributed by atoms with E-state index in [2.05, 4.69) is 0 Å². The molecule has 1 aromatic heterocycles. The zero-order valence-electron chi connectivity index (χ0n) is 9.24. The predicted molar refractivity (Wildman–Crippen MR) is 61.6 cm³/mol. The van der Waals surface area contributed by atoms with Crippen molar-refractivity contribution in [2.24, 2.45) is 0 Å². The molecule has 82 valence electrons. The third-order valence-electron chi connectivity index (χ3n) is 2.19. The highest BCUT2D eigenvalue weighted by atomic mass is 32.1. The topological polar surface area (TPSA) is 29.5 Å². The van der Waals surface area contributed by atoms with Gasteiger partial charge in [-0.1, -0.05) is 0 Å². The van der Waals surface area contributed by atoms with Gasteiger partial charge in [0, 0.05) is 17.8 Å². The smallest absolute Gasteiger partial charge is 0.414 e. The summed E-state index contributed by atoms with van der Waals surface area (Å²) in [6, 6.07) is 1.98. The van der Waals surface area contributed by atoms with Crippen LogP contribution in [0.2, 0.25) is 0 Å². The van der Waals surface area contributed by atoms with Crippen molar-refractivity contribution in [3.63, 3.8) is 0 Å². The van der Waals surface area contributed by atoms with Crippen molar-refractivity contribution >= 4 is 23.1 Å². The maximum atomic E-state index is 11.8. The molecule has 1 aromatic rings. The number of thiophene rings is 1. The highest BCUT2D eigenvalue weighted by molar-refractivity contribution is 7.10. The lowest BCUT2D eigenvalue weighted by atomic mass is 10.2. The maximum absolute atomic E-state index is 11.8. The van der Waals surface area contributed by atoms with E-state index in [1.807, 2.05) is 32.2 Å². The van der Waals surface area contributed by atoms with Crippen molar-refractivity contribution in [1.82, 2.24) is 0 Å². The first-order chi connectivity index (χ1) is 6.97. The number of carbonyl (C=O) groups is 1. The van der Waals surface area contributed by atoms with E-state index in [-0.39, 0.29) is 6.09 Å². The van der Waals surface area contributed by atoms with E-state index in [0.717, 1.165) is 18.7 Å². The number of hydrogen-bond acceptors (Lipinski definition) is 3.